The number of benzene rings is 3. The number of anilines is 1. The van der Waals surface area contributed by atoms with Crippen molar-refractivity contribution >= 4 is 17.4 Å². The van der Waals surface area contributed by atoms with Crippen LogP contribution in [0.3, 0.4) is 0 Å². The first-order valence-corrected chi connectivity index (χ1v) is 14.0. The summed E-state index contributed by atoms with van der Waals surface area (Å²) in [6.45, 7) is 8.84. The Bertz CT molecular complexity index is 1430. The number of ketones is 1. The van der Waals surface area contributed by atoms with Crippen LogP contribution in [0.4, 0.5) is 5.69 Å². The van der Waals surface area contributed by atoms with Crippen LogP contribution in [0.1, 0.15) is 52.9 Å². The van der Waals surface area contributed by atoms with Gasteiger partial charge in [-0.1, -0.05) is 92.7 Å². The first kappa shape index (κ1) is 31.2. The highest BCUT2D eigenvalue weighted by atomic mass is 16.2. The van der Waals surface area contributed by atoms with Crippen LogP contribution < -0.4 is 10.9 Å². The second-order valence-corrected chi connectivity index (χ2v) is 10.6. The Morgan fingerprint density at radius 2 is 1.37 bits per heavy atom. The van der Waals surface area contributed by atoms with Gasteiger partial charge in [0.2, 0.25) is 0 Å². The number of para-hydroxylation sites is 1. The molecule has 4 rings (SSSR count). The number of pyridine rings is 1. The van der Waals surface area contributed by atoms with Crippen LogP contribution in [0.2, 0.25) is 0 Å². The van der Waals surface area contributed by atoms with Crippen LogP contribution in [-0.2, 0) is 10.2 Å². The maximum atomic E-state index is 13.2. The average molecular weight is 552 g/mol. The van der Waals surface area contributed by atoms with Crippen molar-refractivity contribution in [2.24, 2.45) is 5.92 Å². The third-order valence-electron chi connectivity index (χ3n) is 7.38. The van der Waals surface area contributed by atoms with Gasteiger partial charge in [0.25, 0.3) is 11.5 Å². The van der Waals surface area contributed by atoms with Crippen LogP contribution >= 0.6 is 0 Å². The van der Waals surface area contributed by atoms with Crippen molar-refractivity contribution in [3.05, 3.63) is 135 Å². The van der Waals surface area contributed by atoms with Gasteiger partial charge in [0.05, 0.1) is 5.41 Å². The third kappa shape index (κ3) is 7.27. The van der Waals surface area contributed by atoms with Gasteiger partial charge in [-0.2, -0.15) is 0 Å². The number of carbonyl (C=O) groups excluding carboxylic acids is 2. The van der Waals surface area contributed by atoms with Gasteiger partial charge in [0, 0.05) is 24.8 Å². The fourth-order valence-electron chi connectivity index (χ4n) is 5.49. The van der Waals surface area contributed by atoms with Crippen LogP contribution in [0.15, 0.2) is 102 Å². The van der Waals surface area contributed by atoms with Gasteiger partial charge in [0.15, 0.2) is 0 Å². The summed E-state index contributed by atoms with van der Waals surface area (Å²) in [6.07, 6.45) is 2.03. The molecule has 0 saturated heterocycles. The number of hydrogen-bond donors (Lipinski definition) is 2. The van der Waals surface area contributed by atoms with Crippen LogP contribution in [0.5, 0.6) is 0 Å². The van der Waals surface area contributed by atoms with Crippen molar-refractivity contribution in [3.8, 4) is 0 Å². The molecule has 0 spiro atoms. The Morgan fingerprint density at radius 1 is 0.829 bits per heavy atom. The van der Waals surface area contributed by atoms with Crippen LogP contribution in [-0.4, -0.2) is 42.2 Å². The van der Waals surface area contributed by atoms with E-state index in [0.717, 1.165) is 34.5 Å². The highest BCUT2D eigenvalue weighted by molar-refractivity contribution is 6.04. The van der Waals surface area contributed by atoms with E-state index in [2.05, 4.69) is 60.5 Å². The predicted octanol–water partition coefficient (Wildman–Crippen LogP) is 6.39. The first-order valence-electron chi connectivity index (χ1n) is 14.0. The Balaban J connectivity index is 0.000000232. The van der Waals surface area contributed by atoms with Gasteiger partial charge in [0.1, 0.15) is 11.3 Å². The maximum Gasteiger partial charge on any atom is 0.261 e. The van der Waals surface area contributed by atoms with E-state index in [-0.39, 0.29) is 22.8 Å². The molecule has 1 aromatic heterocycles. The fourth-order valence-corrected chi connectivity index (χ4v) is 5.49. The second kappa shape index (κ2) is 14.4. The minimum Gasteiger partial charge on any atom is -0.328 e. The lowest BCUT2D eigenvalue weighted by Crippen LogP contribution is -2.46. The summed E-state index contributed by atoms with van der Waals surface area (Å²) in [5.41, 5.74) is 4.00. The van der Waals surface area contributed by atoms with Crippen molar-refractivity contribution in [3.63, 3.8) is 0 Å². The summed E-state index contributed by atoms with van der Waals surface area (Å²) >= 11 is 0. The number of hydrogen-bond acceptors (Lipinski definition) is 4. The quantitative estimate of drug-likeness (QED) is 0.252. The number of nitrogens with one attached hydrogen (secondary N) is 2. The zero-order chi connectivity index (χ0) is 30.0. The summed E-state index contributed by atoms with van der Waals surface area (Å²) in [5.74, 6) is 0.0632. The van der Waals surface area contributed by atoms with Gasteiger partial charge in [-0.25, -0.2) is 0 Å². The molecule has 1 amide bonds. The Labute approximate surface area is 243 Å². The molecule has 0 radical (unpaired) electrons. The van der Waals surface area contributed by atoms with E-state index in [9.17, 15) is 14.4 Å². The number of amides is 1. The van der Waals surface area contributed by atoms with E-state index in [4.69, 9.17) is 0 Å². The third-order valence-corrected chi connectivity index (χ3v) is 7.38. The lowest BCUT2D eigenvalue weighted by Gasteiger charge is -2.40. The van der Waals surface area contributed by atoms with Gasteiger partial charge in [-0.15, -0.1) is 0 Å². The van der Waals surface area contributed by atoms with Crippen LogP contribution in [0, 0.1) is 19.8 Å². The monoisotopic (exact) mass is 551 g/mol. The number of rotatable bonds is 9. The number of H-pyrrole nitrogens is 1. The topological polar surface area (TPSA) is 82.3 Å². The zero-order valence-electron chi connectivity index (χ0n) is 24.9. The molecule has 1 heterocycles. The van der Waals surface area contributed by atoms with Gasteiger partial charge >= 0.3 is 0 Å². The molecule has 0 aliphatic rings. The Hall–Kier alpha value is -4.29. The molecular formula is C35H41N3O3. The normalized spacial score (nSPS) is 11.8. The molecule has 2 N–H and O–H groups in total. The predicted molar refractivity (Wildman–Crippen MR) is 168 cm³/mol. The van der Waals surface area contributed by atoms with E-state index >= 15 is 0 Å². The zero-order valence-corrected chi connectivity index (χ0v) is 24.9. The van der Waals surface area contributed by atoms with Crippen molar-refractivity contribution in [2.75, 3.05) is 26.0 Å². The van der Waals surface area contributed by atoms with Crippen molar-refractivity contribution in [1.82, 2.24) is 9.88 Å². The maximum absolute atomic E-state index is 13.2. The number of nitrogens with zero attached hydrogens (tertiary/aromatic N) is 1. The largest absolute Gasteiger partial charge is 0.328 e. The molecule has 0 bridgehead atoms. The first-order chi connectivity index (χ1) is 19.6. The number of aryl methyl sites for hydroxylation is 2. The molecule has 41 heavy (non-hydrogen) atoms. The summed E-state index contributed by atoms with van der Waals surface area (Å²) in [7, 11) is 4.13. The SMILES string of the molecule is CCC(=O)C(c1ccccc1)(c1ccccc1)C(C)CN(C)C.Cc1cccc(C)c1NC(=O)c1ccc[nH]c1=O. The lowest BCUT2D eigenvalue weighted by atomic mass is 9.63. The molecule has 1 atom stereocenters. The van der Waals surface area contributed by atoms with E-state index < -0.39 is 11.3 Å². The van der Waals surface area contributed by atoms with Crippen LogP contribution in [0.25, 0.3) is 0 Å². The van der Waals surface area contributed by atoms with E-state index in [0.29, 0.717) is 6.42 Å². The van der Waals surface area contributed by atoms with Crippen molar-refractivity contribution < 1.29 is 9.59 Å². The Kier molecular flexibility index (Phi) is 11.0. The minimum absolute atomic E-state index is 0.111. The molecule has 0 saturated carbocycles. The number of Topliss-reactive ketones (excluding diaryl/α,β-unsaturated/α-hetero) is 1. The van der Waals surface area contributed by atoms with Crippen molar-refractivity contribution in [2.45, 2.75) is 39.5 Å². The van der Waals surface area contributed by atoms with Gasteiger partial charge in [-0.05, 0) is 68.2 Å². The molecule has 0 aliphatic carbocycles. The Morgan fingerprint density at radius 3 is 1.83 bits per heavy atom. The van der Waals surface area contributed by atoms with E-state index in [1.54, 1.807) is 6.07 Å². The molecule has 1 unspecified atom stereocenters. The fraction of sp³-hybridized carbons (Fsp3) is 0.286. The summed E-state index contributed by atoms with van der Waals surface area (Å²) in [6, 6.07) is 29.4. The van der Waals surface area contributed by atoms with Gasteiger partial charge in [-0.3, -0.25) is 14.4 Å². The lowest BCUT2D eigenvalue weighted by molar-refractivity contribution is -0.124. The minimum atomic E-state index is -0.596. The molecule has 4 aromatic rings. The molecule has 214 valence electrons. The molecular weight excluding hydrogens is 510 g/mol. The summed E-state index contributed by atoms with van der Waals surface area (Å²) in [4.78, 5) is 41.4. The smallest absolute Gasteiger partial charge is 0.261 e. The standard InChI is InChI=1S/C21H27NO.C14H14N2O2/c1-5-20(23)21(17(2)16-22(3)4,18-12-8-6-9-13-18)19-14-10-7-11-15-19;1-9-5-3-6-10(2)12(9)16-14(18)11-7-4-8-15-13(11)17/h6-15,17H,5,16H2,1-4H3;3-8H,1-2H3,(H,15,17)(H,16,18). The number of aromatic amines is 1. The summed E-state index contributed by atoms with van der Waals surface area (Å²) < 4.78 is 0. The second-order valence-electron chi connectivity index (χ2n) is 10.6. The molecule has 6 heteroatoms. The molecule has 0 fully saturated rings. The molecule has 0 aliphatic heterocycles. The van der Waals surface area contributed by atoms with Gasteiger partial charge < -0.3 is 15.2 Å². The molecule has 3 aromatic carbocycles. The van der Waals surface area contributed by atoms with E-state index in [1.807, 2.05) is 75.4 Å². The average Bonchev–Trinajstić information content (AvgIpc) is 2.96. The van der Waals surface area contributed by atoms with Crippen molar-refractivity contribution in [1.29, 1.82) is 0 Å². The highest BCUT2D eigenvalue weighted by Crippen LogP contribution is 2.41. The number of aromatic nitrogens is 1. The summed E-state index contributed by atoms with van der Waals surface area (Å²) in [5, 5.41) is 2.78. The van der Waals surface area contributed by atoms with E-state index in [1.165, 1.54) is 12.3 Å². The highest BCUT2D eigenvalue weighted by Gasteiger charge is 2.45. The number of carbonyl (C=O) groups is 2. The molecule has 6 nitrogen and oxygen atoms in total.